The molecule has 9 heteroatoms. The first-order chi connectivity index (χ1) is 14.1. The minimum absolute atomic E-state index is 0.0401. The van der Waals surface area contributed by atoms with Gasteiger partial charge in [0.2, 0.25) is 21.8 Å². The number of nitrogens with zero attached hydrogens (tertiary/aromatic N) is 2. The number of hydrogen-bond acceptors (Lipinski definition) is 5. The highest BCUT2D eigenvalue weighted by Gasteiger charge is 2.50. The largest absolute Gasteiger partial charge is 0.497 e. The van der Waals surface area contributed by atoms with Crippen LogP contribution >= 0.6 is 0 Å². The van der Waals surface area contributed by atoms with E-state index in [0.717, 1.165) is 49.1 Å². The van der Waals surface area contributed by atoms with Crippen LogP contribution in [-0.2, 0) is 19.6 Å². The zero-order valence-electron chi connectivity index (χ0n) is 17.9. The van der Waals surface area contributed by atoms with Crippen molar-refractivity contribution in [1.82, 2.24) is 9.62 Å². The molecule has 0 aromatic heterocycles. The molecule has 1 saturated carbocycles. The normalized spacial score (nSPS) is 24.4. The fourth-order valence-electron chi connectivity index (χ4n) is 4.30. The summed E-state index contributed by atoms with van der Waals surface area (Å²) in [5.74, 6) is -0.132. The predicted molar refractivity (Wildman–Crippen MR) is 115 cm³/mol. The van der Waals surface area contributed by atoms with Gasteiger partial charge in [-0.15, -0.1) is 0 Å². The number of piperazine rings is 1. The number of carbonyl (C=O) groups excluding carboxylic acids is 2. The van der Waals surface area contributed by atoms with Gasteiger partial charge in [-0.2, -0.15) is 4.31 Å². The molecule has 1 aliphatic carbocycles. The van der Waals surface area contributed by atoms with E-state index in [1.165, 1.54) is 4.90 Å². The van der Waals surface area contributed by atoms with Crippen molar-refractivity contribution in [3.63, 3.8) is 0 Å². The minimum atomic E-state index is -3.63. The highest BCUT2D eigenvalue weighted by molar-refractivity contribution is 7.88. The van der Waals surface area contributed by atoms with Crippen LogP contribution in [0.15, 0.2) is 24.3 Å². The van der Waals surface area contributed by atoms with Crippen LogP contribution in [0.1, 0.15) is 45.4 Å². The molecule has 1 atom stereocenters. The number of ether oxygens (including phenoxy) is 1. The monoisotopic (exact) mass is 437 g/mol. The molecule has 8 nitrogen and oxygen atoms in total. The van der Waals surface area contributed by atoms with Gasteiger partial charge in [0.1, 0.15) is 11.3 Å². The van der Waals surface area contributed by atoms with E-state index < -0.39 is 21.5 Å². The number of hydrogen-bond donors (Lipinski definition) is 1. The zero-order valence-corrected chi connectivity index (χ0v) is 18.7. The van der Waals surface area contributed by atoms with E-state index in [4.69, 9.17) is 4.74 Å². The molecular weight excluding hydrogens is 406 g/mol. The van der Waals surface area contributed by atoms with Gasteiger partial charge in [-0.25, -0.2) is 8.42 Å². The summed E-state index contributed by atoms with van der Waals surface area (Å²) in [6, 6.07) is 6.90. The van der Waals surface area contributed by atoms with Gasteiger partial charge in [0.25, 0.3) is 0 Å². The molecular formula is C21H31N3O5S. The van der Waals surface area contributed by atoms with Crippen molar-refractivity contribution < 1.29 is 22.7 Å². The Morgan fingerprint density at radius 3 is 2.27 bits per heavy atom. The predicted octanol–water partition coefficient (Wildman–Crippen LogP) is 1.90. The van der Waals surface area contributed by atoms with Crippen LogP contribution < -0.4 is 15.0 Å². The van der Waals surface area contributed by atoms with Gasteiger partial charge in [-0.1, -0.05) is 25.7 Å². The standard InChI is InChI=1S/C21H31N3O5S/c1-21(20(26)22-16-8-6-4-5-7-9-16)15-23(30(3,27)28)14-19(25)24(21)17-10-12-18(29-2)13-11-17/h10-13,16H,4-9,14-15H2,1-3H3,(H,22,26)/t21-/m1/s1. The molecule has 2 aliphatic rings. The summed E-state index contributed by atoms with van der Waals surface area (Å²) < 4.78 is 30.7. The van der Waals surface area contributed by atoms with Crippen LogP contribution in [0.4, 0.5) is 5.69 Å². The van der Waals surface area contributed by atoms with Crippen molar-refractivity contribution in [1.29, 1.82) is 0 Å². The van der Waals surface area contributed by atoms with Crippen molar-refractivity contribution in [3.05, 3.63) is 24.3 Å². The first-order valence-electron chi connectivity index (χ1n) is 10.4. The molecule has 1 N–H and O–H groups in total. The molecule has 166 valence electrons. The van der Waals surface area contributed by atoms with E-state index in [9.17, 15) is 18.0 Å². The summed E-state index contributed by atoms with van der Waals surface area (Å²) in [4.78, 5) is 28.0. The average Bonchev–Trinajstić information content (AvgIpc) is 2.96. The topological polar surface area (TPSA) is 96.0 Å². The molecule has 1 aromatic rings. The van der Waals surface area contributed by atoms with Crippen molar-refractivity contribution >= 4 is 27.5 Å². The Morgan fingerprint density at radius 1 is 1.13 bits per heavy atom. The maximum absolute atomic E-state index is 13.5. The Kier molecular flexibility index (Phi) is 6.71. The SMILES string of the molecule is COc1ccc(N2C(=O)CN(S(C)(=O)=O)C[C@]2(C)C(=O)NC2CCCCCC2)cc1. The Bertz CT molecular complexity index is 878. The third-order valence-corrected chi connectivity index (χ3v) is 7.21. The quantitative estimate of drug-likeness (QED) is 0.710. The lowest BCUT2D eigenvalue weighted by atomic mass is 9.93. The second-order valence-electron chi connectivity index (χ2n) is 8.39. The Morgan fingerprint density at radius 2 is 1.73 bits per heavy atom. The third-order valence-electron chi connectivity index (χ3n) is 6.02. The highest BCUT2D eigenvalue weighted by Crippen LogP contribution is 2.32. The second kappa shape index (κ2) is 8.93. The van der Waals surface area contributed by atoms with Crippen LogP contribution in [0.25, 0.3) is 0 Å². The van der Waals surface area contributed by atoms with E-state index in [2.05, 4.69) is 5.32 Å². The highest BCUT2D eigenvalue weighted by atomic mass is 32.2. The molecule has 0 radical (unpaired) electrons. The van der Waals surface area contributed by atoms with Crippen molar-refractivity contribution in [2.24, 2.45) is 0 Å². The molecule has 1 aromatic carbocycles. The second-order valence-corrected chi connectivity index (χ2v) is 10.4. The summed E-state index contributed by atoms with van der Waals surface area (Å²) in [6.45, 7) is 1.25. The maximum atomic E-state index is 13.5. The van der Waals surface area contributed by atoms with Crippen LogP contribution in [0.3, 0.4) is 0 Å². The number of benzene rings is 1. The van der Waals surface area contributed by atoms with Gasteiger partial charge in [-0.3, -0.25) is 14.5 Å². The molecule has 1 heterocycles. The fraction of sp³-hybridized carbons (Fsp3) is 0.619. The van der Waals surface area contributed by atoms with E-state index in [1.807, 2.05) is 0 Å². The summed E-state index contributed by atoms with van der Waals surface area (Å²) in [5, 5.41) is 3.10. The van der Waals surface area contributed by atoms with E-state index in [0.29, 0.717) is 11.4 Å². The molecule has 0 bridgehead atoms. The smallest absolute Gasteiger partial charge is 0.247 e. The van der Waals surface area contributed by atoms with Gasteiger partial charge >= 0.3 is 0 Å². The molecule has 1 aliphatic heterocycles. The van der Waals surface area contributed by atoms with Crippen LogP contribution in [0.2, 0.25) is 0 Å². The molecule has 2 amide bonds. The number of amides is 2. The van der Waals surface area contributed by atoms with E-state index in [-0.39, 0.29) is 25.0 Å². The lowest BCUT2D eigenvalue weighted by Gasteiger charge is -2.47. The third kappa shape index (κ3) is 4.78. The lowest BCUT2D eigenvalue weighted by Crippen LogP contribution is -2.70. The Labute approximate surface area is 178 Å². The van der Waals surface area contributed by atoms with Crippen LogP contribution in [-0.4, -0.2) is 62.6 Å². The molecule has 3 rings (SSSR count). The van der Waals surface area contributed by atoms with Crippen LogP contribution in [0, 0.1) is 0 Å². The fourth-order valence-corrected chi connectivity index (χ4v) is 5.13. The zero-order chi connectivity index (χ0) is 21.9. The van der Waals surface area contributed by atoms with Crippen molar-refractivity contribution in [3.8, 4) is 5.75 Å². The molecule has 1 saturated heterocycles. The number of nitrogens with one attached hydrogen (secondary N) is 1. The van der Waals surface area contributed by atoms with E-state index in [1.54, 1.807) is 38.3 Å². The van der Waals surface area contributed by atoms with Gasteiger partial charge < -0.3 is 10.1 Å². The number of rotatable bonds is 5. The van der Waals surface area contributed by atoms with Gasteiger partial charge in [0.05, 0.1) is 19.9 Å². The maximum Gasteiger partial charge on any atom is 0.247 e. The van der Waals surface area contributed by atoms with E-state index >= 15 is 0 Å². The van der Waals surface area contributed by atoms with Crippen molar-refractivity contribution in [2.75, 3.05) is 31.4 Å². The molecule has 30 heavy (non-hydrogen) atoms. The Hall–Kier alpha value is -2.13. The number of methoxy groups -OCH3 is 1. The number of carbonyl (C=O) groups is 2. The Balaban J connectivity index is 1.95. The van der Waals surface area contributed by atoms with Gasteiger partial charge in [0.15, 0.2) is 0 Å². The first-order valence-corrected chi connectivity index (χ1v) is 12.2. The van der Waals surface area contributed by atoms with Gasteiger partial charge in [-0.05, 0) is 44.0 Å². The molecule has 0 unspecified atom stereocenters. The number of sulfonamides is 1. The number of anilines is 1. The molecule has 0 spiro atoms. The summed E-state index contributed by atoms with van der Waals surface area (Å²) in [5.41, 5.74) is -0.827. The van der Waals surface area contributed by atoms with Crippen LogP contribution in [0.5, 0.6) is 5.75 Å². The summed E-state index contributed by atoms with van der Waals surface area (Å²) in [6.07, 6.45) is 7.27. The minimum Gasteiger partial charge on any atom is -0.497 e. The average molecular weight is 438 g/mol. The summed E-state index contributed by atoms with van der Waals surface area (Å²) in [7, 11) is -2.08. The van der Waals surface area contributed by atoms with Gasteiger partial charge in [0, 0.05) is 18.3 Å². The van der Waals surface area contributed by atoms with Crippen molar-refractivity contribution in [2.45, 2.75) is 57.0 Å². The molecule has 2 fully saturated rings. The summed E-state index contributed by atoms with van der Waals surface area (Å²) >= 11 is 0. The lowest BCUT2D eigenvalue weighted by molar-refractivity contribution is -0.133. The first kappa shape index (κ1) is 22.6.